The van der Waals surface area contributed by atoms with Gasteiger partial charge in [-0.3, -0.25) is 0 Å². The first kappa shape index (κ1) is 13.1. The van der Waals surface area contributed by atoms with Gasteiger partial charge in [0.15, 0.2) is 0 Å². The highest BCUT2D eigenvalue weighted by Crippen LogP contribution is 2.18. The highest BCUT2D eigenvalue weighted by atomic mass is 79.9. The number of anilines is 1. The molecule has 0 atom stereocenters. The Balaban J connectivity index is 2.16. The number of nitrogens with zero attached hydrogens (tertiary/aromatic N) is 3. The molecule has 0 unspecified atom stereocenters. The molecule has 0 aliphatic carbocycles. The SMILES string of the molecule is CCCc1nc(Br)cc(N(C)Cc2ccco2)n1. The van der Waals surface area contributed by atoms with Crippen LogP contribution in [0.15, 0.2) is 33.5 Å². The number of halogens is 1. The number of aryl methyl sites for hydroxylation is 1. The predicted octanol–water partition coefficient (Wildman–Crippen LogP) is 3.42. The van der Waals surface area contributed by atoms with Gasteiger partial charge in [0.1, 0.15) is 22.0 Å². The van der Waals surface area contributed by atoms with E-state index in [2.05, 4.69) is 32.8 Å². The van der Waals surface area contributed by atoms with Gasteiger partial charge in [0.05, 0.1) is 12.8 Å². The zero-order valence-corrected chi connectivity index (χ0v) is 12.1. The first-order chi connectivity index (χ1) is 8.69. The fourth-order valence-corrected chi connectivity index (χ4v) is 2.11. The van der Waals surface area contributed by atoms with E-state index >= 15 is 0 Å². The van der Waals surface area contributed by atoms with Crippen molar-refractivity contribution in [2.75, 3.05) is 11.9 Å². The molecule has 4 nitrogen and oxygen atoms in total. The topological polar surface area (TPSA) is 42.2 Å². The van der Waals surface area contributed by atoms with E-state index in [1.54, 1.807) is 6.26 Å². The summed E-state index contributed by atoms with van der Waals surface area (Å²) >= 11 is 3.43. The van der Waals surface area contributed by atoms with Crippen molar-refractivity contribution in [2.24, 2.45) is 0 Å². The molecule has 0 aromatic carbocycles. The smallest absolute Gasteiger partial charge is 0.133 e. The number of furan rings is 1. The molecular formula is C13H16BrN3O. The molecule has 0 bridgehead atoms. The van der Waals surface area contributed by atoms with E-state index in [1.165, 1.54) is 0 Å². The fourth-order valence-electron chi connectivity index (χ4n) is 1.70. The van der Waals surface area contributed by atoms with Crippen LogP contribution in [0.2, 0.25) is 0 Å². The van der Waals surface area contributed by atoms with Crippen molar-refractivity contribution in [3.8, 4) is 0 Å². The summed E-state index contributed by atoms with van der Waals surface area (Å²) in [5.74, 6) is 2.69. The van der Waals surface area contributed by atoms with Gasteiger partial charge < -0.3 is 9.32 Å². The van der Waals surface area contributed by atoms with Gasteiger partial charge in [-0.2, -0.15) is 0 Å². The lowest BCUT2D eigenvalue weighted by Crippen LogP contribution is -2.18. The van der Waals surface area contributed by atoms with Crippen molar-refractivity contribution in [3.63, 3.8) is 0 Å². The molecule has 0 saturated heterocycles. The van der Waals surface area contributed by atoms with Crippen LogP contribution >= 0.6 is 15.9 Å². The van der Waals surface area contributed by atoms with E-state index in [1.807, 2.05) is 30.1 Å². The van der Waals surface area contributed by atoms with Crippen LogP contribution in [0.4, 0.5) is 5.82 Å². The average molecular weight is 310 g/mol. The minimum absolute atomic E-state index is 0.696. The van der Waals surface area contributed by atoms with Crippen molar-refractivity contribution in [1.29, 1.82) is 0 Å². The molecule has 0 fully saturated rings. The molecule has 0 radical (unpaired) electrons. The van der Waals surface area contributed by atoms with Crippen molar-refractivity contribution in [3.05, 3.63) is 40.7 Å². The Bertz CT molecular complexity index is 499. The summed E-state index contributed by atoms with van der Waals surface area (Å²) < 4.78 is 6.16. The summed E-state index contributed by atoms with van der Waals surface area (Å²) in [7, 11) is 1.99. The number of aromatic nitrogens is 2. The standard InChI is InChI=1S/C13H16BrN3O/c1-3-5-12-15-11(14)8-13(16-12)17(2)9-10-6-4-7-18-10/h4,6-8H,3,5,9H2,1-2H3. The quantitative estimate of drug-likeness (QED) is 0.794. The maximum Gasteiger partial charge on any atom is 0.133 e. The first-order valence-corrected chi connectivity index (χ1v) is 6.75. The third-order valence-corrected chi connectivity index (χ3v) is 2.97. The largest absolute Gasteiger partial charge is 0.467 e. The van der Waals surface area contributed by atoms with Gasteiger partial charge in [0, 0.05) is 19.5 Å². The van der Waals surface area contributed by atoms with Crippen molar-refractivity contribution >= 4 is 21.7 Å². The van der Waals surface area contributed by atoms with Gasteiger partial charge in [-0.25, -0.2) is 9.97 Å². The number of hydrogen-bond acceptors (Lipinski definition) is 4. The Morgan fingerprint density at radius 2 is 2.22 bits per heavy atom. The van der Waals surface area contributed by atoms with Gasteiger partial charge >= 0.3 is 0 Å². The Morgan fingerprint density at radius 1 is 1.39 bits per heavy atom. The highest BCUT2D eigenvalue weighted by Gasteiger charge is 2.08. The molecule has 0 amide bonds. The van der Waals surface area contributed by atoms with Crippen LogP contribution in [0.25, 0.3) is 0 Å². The van der Waals surface area contributed by atoms with E-state index < -0.39 is 0 Å². The monoisotopic (exact) mass is 309 g/mol. The summed E-state index contributed by atoms with van der Waals surface area (Å²) in [5.41, 5.74) is 0. The molecule has 18 heavy (non-hydrogen) atoms. The molecular weight excluding hydrogens is 294 g/mol. The average Bonchev–Trinajstić information content (AvgIpc) is 2.81. The van der Waals surface area contributed by atoms with Crippen molar-refractivity contribution in [2.45, 2.75) is 26.3 Å². The first-order valence-electron chi connectivity index (χ1n) is 5.96. The Kier molecular flexibility index (Phi) is 4.36. The zero-order chi connectivity index (χ0) is 13.0. The lowest BCUT2D eigenvalue weighted by molar-refractivity contribution is 0.506. The maximum atomic E-state index is 5.34. The van der Waals surface area contributed by atoms with Crippen LogP contribution < -0.4 is 4.90 Å². The molecule has 2 aromatic rings. The summed E-state index contributed by atoms with van der Waals surface area (Å²) in [6, 6.07) is 5.77. The van der Waals surface area contributed by atoms with E-state index in [0.717, 1.165) is 34.8 Å². The second-order valence-corrected chi connectivity index (χ2v) is 4.96. The van der Waals surface area contributed by atoms with Gasteiger partial charge in [0.25, 0.3) is 0 Å². The fraction of sp³-hybridized carbons (Fsp3) is 0.385. The van der Waals surface area contributed by atoms with Gasteiger partial charge in [-0.15, -0.1) is 0 Å². The van der Waals surface area contributed by atoms with Crippen LogP contribution in [0.3, 0.4) is 0 Å². The molecule has 5 heteroatoms. The summed E-state index contributed by atoms with van der Waals surface area (Å²) in [4.78, 5) is 11.0. The minimum atomic E-state index is 0.696. The van der Waals surface area contributed by atoms with Gasteiger partial charge in [0.2, 0.25) is 0 Å². The molecule has 0 aliphatic rings. The second kappa shape index (κ2) is 6.00. The molecule has 0 saturated carbocycles. The second-order valence-electron chi connectivity index (χ2n) is 4.15. The maximum absolute atomic E-state index is 5.34. The van der Waals surface area contributed by atoms with E-state index in [4.69, 9.17) is 4.42 Å². The van der Waals surface area contributed by atoms with Crippen LogP contribution in [-0.4, -0.2) is 17.0 Å². The minimum Gasteiger partial charge on any atom is -0.467 e. The normalized spacial score (nSPS) is 10.6. The van der Waals surface area contributed by atoms with Crippen molar-refractivity contribution in [1.82, 2.24) is 9.97 Å². The lowest BCUT2D eigenvalue weighted by Gasteiger charge is -2.17. The zero-order valence-electron chi connectivity index (χ0n) is 10.6. The van der Waals surface area contributed by atoms with Crippen LogP contribution in [0.5, 0.6) is 0 Å². The summed E-state index contributed by atoms with van der Waals surface area (Å²) in [6.07, 6.45) is 3.61. The molecule has 2 heterocycles. The summed E-state index contributed by atoms with van der Waals surface area (Å²) in [5, 5.41) is 0. The number of hydrogen-bond donors (Lipinski definition) is 0. The molecule has 2 aromatic heterocycles. The van der Waals surface area contributed by atoms with E-state index in [-0.39, 0.29) is 0 Å². The summed E-state index contributed by atoms with van der Waals surface area (Å²) in [6.45, 7) is 2.82. The van der Waals surface area contributed by atoms with Crippen LogP contribution in [0.1, 0.15) is 24.9 Å². The third-order valence-electron chi connectivity index (χ3n) is 2.57. The van der Waals surface area contributed by atoms with Crippen LogP contribution in [-0.2, 0) is 13.0 Å². The molecule has 0 aliphatic heterocycles. The van der Waals surface area contributed by atoms with E-state index in [9.17, 15) is 0 Å². The lowest BCUT2D eigenvalue weighted by atomic mass is 10.3. The molecule has 0 N–H and O–H groups in total. The Morgan fingerprint density at radius 3 is 2.89 bits per heavy atom. The van der Waals surface area contributed by atoms with Crippen LogP contribution in [0, 0.1) is 0 Å². The van der Waals surface area contributed by atoms with Crippen molar-refractivity contribution < 1.29 is 4.42 Å². The van der Waals surface area contributed by atoms with Gasteiger partial charge in [-0.05, 0) is 34.5 Å². The Labute approximate surface area is 115 Å². The molecule has 2 rings (SSSR count). The molecule has 96 valence electrons. The van der Waals surface area contributed by atoms with E-state index in [0.29, 0.717) is 6.54 Å². The third kappa shape index (κ3) is 3.32. The molecule has 0 spiro atoms. The van der Waals surface area contributed by atoms with Gasteiger partial charge in [-0.1, -0.05) is 6.92 Å². The predicted molar refractivity (Wildman–Crippen MR) is 74.5 cm³/mol. The highest BCUT2D eigenvalue weighted by molar-refractivity contribution is 9.10. The Hall–Kier alpha value is -1.36. The number of rotatable bonds is 5.